The van der Waals surface area contributed by atoms with Gasteiger partial charge in [0.15, 0.2) is 0 Å². The van der Waals surface area contributed by atoms with Crippen molar-refractivity contribution < 1.29 is 9.90 Å². The molecule has 3 rings (SSSR count). The standard InChI is InChI=1S/C16H20N2O2S/c1-9-3-4-11-13(7-9)21-15(14(11)17)16(20)18-6-5-12(19)10(2)8-18/h3-4,7,10,12,19H,5-6,8,17H2,1-2H3. The van der Waals surface area contributed by atoms with E-state index < -0.39 is 0 Å². The lowest BCUT2D eigenvalue weighted by Gasteiger charge is -2.34. The van der Waals surface area contributed by atoms with Gasteiger partial charge in [-0.2, -0.15) is 0 Å². The van der Waals surface area contributed by atoms with Crippen LogP contribution >= 0.6 is 11.3 Å². The van der Waals surface area contributed by atoms with Crippen LogP contribution in [0.3, 0.4) is 0 Å². The molecule has 0 spiro atoms. The largest absolute Gasteiger partial charge is 0.397 e. The van der Waals surface area contributed by atoms with E-state index in [1.165, 1.54) is 11.3 Å². The lowest BCUT2D eigenvalue weighted by molar-refractivity contribution is 0.0301. The molecule has 1 aromatic carbocycles. The number of aliphatic hydroxyl groups is 1. The van der Waals surface area contributed by atoms with E-state index in [1.54, 1.807) is 0 Å². The van der Waals surface area contributed by atoms with Gasteiger partial charge in [-0.1, -0.05) is 19.1 Å². The number of hydrogen-bond donors (Lipinski definition) is 2. The molecule has 0 bridgehead atoms. The number of piperidine rings is 1. The second-order valence-electron chi connectivity index (χ2n) is 5.93. The van der Waals surface area contributed by atoms with Gasteiger partial charge in [0.2, 0.25) is 0 Å². The first-order valence-corrected chi connectivity index (χ1v) is 8.05. The molecular weight excluding hydrogens is 284 g/mol. The molecule has 1 aliphatic rings. The zero-order valence-electron chi connectivity index (χ0n) is 12.3. The summed E-state index contributed by atoms with van der Waals surface area (Å²) in [6, 6.07) is 6.06. The summed E-state index contributed by atoms with van der Waals surface area (Å²) in [4.78, 5) is 15.1. The zero-order chi connectivity index (χ0) is 15.1. The Morgan fingerprint density at radius 3 is 2.95 bits per heavy atom. The highest BCUT2D eigenvalue weighted by Gasteiger charge is 2.29. The number of thiophene rings is 1. The number of amides is 1. The first-order chi connectivity index (χ1) is 9.97. The summed E-state index contributed by atoms with van der Waals surface area (Å²) < 4.78 is 1.06. The highest BCUT2D eigenvalue weighted by molar-refractivity contribution is 7.21. The van der Waals surface area contributed by atoms with Crippen molar-refractivity contribution in [3.63, 3.8) is 0 Å². The molecule has 0 saturated carbocycles. The number of fused-ring (bicyclic) bond motifs is 1. The minimum atomic E-state index is -0.309. The van der Waals surface area contributed by atoms with E-state index >= 15 is 0 Å². The van der Waals surface area contributed by atoms with Crippen molar-refractivity contribution >= 4 is 33.0 Å². The van der Waals surface area contributed by atoms with E-state index in [9.17, 15) is 9.90 Å². The summed E-state index contributed by atoms with van der Waals surface area (Å²) in [5.41, 5.74) is 7.92. The van der Waals surface area contributed by atoms with Gasteiger partial charge in [0, 0.05) is 23.2 Å². The third kappa shape index (κ3) is 2.51. The third-order valence-corrected chi connectivity index (χ3v) is 5.38. The monoisotopic (exact) mass is 304 g/mol. The van der Waals surface area contributed by atoms with Crippen molar-refractivity contribution in [1.82, 2.24) is 4.90 Å². The van der Waals surface area contributed by atoms with Crippen LogP contribution in [0.1, 0.15) is 28.6 Å². The van der Waals surface area contributed by atoms with E-state index in [0.29, 0.717) is 30.1 Å². The SMILES string of the molecule is Cc1ccc2c(N)c(C(=O)N3CCC(O)C(C)C3)sc2c1. The summed E-state index contributed by atoms with van der Waals surface area (Å²) in [6.07, 6.45) is 0.327. The molecule has 1 saturated heterocycles. The maximum absolute atomic E-state index is 12.7. The number of likely N-dealkylation sites (tertiary alicyclic amines) is 1. The van der Waals surface area contributed by atoms with Gasteiger partial charge in [0.05, 0.1) is 11.8 Å². The zero-order valence-corrected chi connectivity index (χ0v) is 13.1. The van der Waals surface area contributed by atoms with Crippen LogP contribution in [0.25, 0.3) is 10.1 Å². The number of nitrogens with zero attached hydrogens (tertiary/aromatic N) is 1. The number of hydrogen-bond acceptors (Lipinski definition) is 4. The fourth-order valence-corrected chi connectivity index (χ4v) is 4.03. The van der Waals surface area contributed by atoms with Gasteiger partial charge in [-0.05, 0) is 30.9 Å². The van der Waals surface area contributed by atoms with Gasteiger partial charge in [-0.15, -0.1) is 11.3 Å². The molecular formula is C16H20N2O2S. The second kappa shape index (κ2) is 5.31. The highest BCUT2D eigenvalue weighted by atomic mass is 32.1. The summed E-state index contributed by atoms with van der Waals surface area (Å²) >= 11 is 1.46. The molecule has 0 radical (unpaired) electrons. The van der Waals surface area contributed by atoms with Crippen molar-refractivity contribution in [3.05, 3.63) is 28.6 Å². The van der Waals surface area contributed by atoms with Gasteiger partial charge in [-0.25, -0.2) is 0 Å². The van der Waals surface area contributed by atoms with Gasteiger partial charge >= 0.3 is 0 Å². The number of nitrogen functional groups attached to an aromatic ring is 1. The average Bonchev–Trinajstić information content (AvgIpc) is 2.77. The number of rotatable bonds is 1. The van der Waals surface area contributed by atoms with Crippen molar-refractivity contribution in [2.24, 2.45) is 5.92 Å². The summed E-state index contributed by atoms with van der Waals surface area (Å²) in [7, 11) is 0. The van der Waals surface area contributed by atoms with Crippen LogP contribution in [-0.4, -0.2) is 35.1 Å². The molecule has 1 aromatic heterocycles. The molecule has 2 unspecified atom stereocenters. The van der Waals surface area contributed by atoms with E-state index in [2.05, 4.69) is 6.07 Å². The first-order valence-electron chi connectivity index (χ1n) is 7.23. The molecule has 3 N–H and O–H groups in total. The Balaban J connectivity index is 1.93. The van der Waals surface area contributed by atoms with Crippen LogP contribution in [0.2, 0.25) is 0 Å². The molecule has 2 aromatic rings. The van der Waals surface area contributed by atoms with E-state index in [1.807, 2.05) is 30.9 Å². The predicted octanol–water partition coefficient (Wildman–Crippen LogP) is 2.63. The Hall–Kier alpha value is -1.59. The van der Waals surface area contributed by atoms with Crippen LogP contribution in [-0.2, 0) is 0 Å². The predicted molar refractivity (Wildman–Crippen MR) is 86.7 cm³/mol. The Morgan fingerprint density at radius 1 is 1.48 bits per heavy atom. The van der Waals surface area contributed by atoms with Crippen molar-refractivity contribution in [3.8, 4) is 0 Å². The van der Waals surface area contributed by atoms with Crippen LogP contribution in [0.15, 0.2) is 18.2 Å². The van der Waals surface area contributed by atoms with E-state index in [4.69, 9.17) is 5.73 Å². The Morgan fingerprint density at radius 2 is 2.24 bits per heavy atom. The number of nitrogens with two attached hydrogens (primary N) is 1. The molecule has 1 amide bonds. The molecule has 4 nitrogen and oxygen atoms in total. The van der Waals surface area contributed by atoms with Crippen molar-refractivity contribution in [1.29, 1.82) is 0 Å². The summed E-state index contributed by atoms with van der Waals surface area (Å²) in [5.74, 6) is 0.102. The molecule has 112 valence electrons. The second-order valence-corrected chi connectivity index (χ2v) is 6.98. The van der Waals surface area contributed by atoms with Crippen LogP contribution < -0.4 is 5.73 Å². The first kappa shape index (κ1) is 14.4. The maximum atomic E-state index is 12.7. The van der Waals surface area contributed by atoms with Crippen molar-refractivity contribution in [2.45, 2.75) is 26.4 Å². The minimum Gasteiger partial charge on any atom is -0.397 e. The minimum absolute atomic E-state index is 0.00916. The number of benzene rings is 1. The fraction of sp³-hybridized carbons (Fsp3) is 0.438. The quantitative estimate of drug-likeness (QED) is 0.851. The molecule has 5 heteroatoms. The van der Waals surface area contributed by atoms with Gasteiger partial charge in [0.1, 0.15) is 4.88 Å². The van der Waals surface area contributed by atoms with Crippen LogP contribution in [0.5, 0.6) is 0 Å². The topological polar surface area (TPSA) is 66.6 Å². The van der Waals surface area contributed by atoms with Crippen LogP contribution in [0, 0.1) is 12.8 Å². The molecule has 2 atom stereocenters. The highest BCUT2D eigenvalue weighted by Crippen LogP contribution is 2.35. The van der Waals surface area contributed by atoms with Gasteiger partial charge in [-0.3, -0.25) is 4.79 Å². The Kier molecular flexibility index (Phi) is 3.63. The van der Waals surface area contributed by atoms with Crippen molar-refractivity contribution in [2.75, 3.05) is 18.8 Å². The number of aryl methyl sites for hydroxylation is 1. The number of carbonyl (C=O) groups is 1. The van der Waals surface area contributed by atoms with E-state index in [-0.39, 0.29) is 17.9 Å². The number of aliphatic hydroxyl groups excluding tert-OH is 1. The molecule has 1 fully saturated rings. The smallest absolute Gasteiger partial charge is 0.266 e. The van der Waals surface area contributed by atoms with Crippen LogP contribution in [0.4, 0.5) is 5.69 Å². The lowest BCUT2D eigenvalue weighted by Crippen LogP contribution is -2.44. The number of anilines is 1. The van der Waals surface area contributed by atoms with Gasteiger partial charge < -0.3 is 15.7 Å². The van der Waals surface area contributed by atoms with Gasteiger partial charge in [0.25, 0.3) is 5.91 Å². The normalized spacial score (nSPS) is 22.7. The Labute approximate surface area is 128 Å². The van der Waals surface area contributed by atoms with E-state index in [0.717, 1.165) is 15.6 Å². The maximum Gasteiger partial charge on any atom is 0.266 e. The molecule has 0 aliphatic carbocycles. The molecule has 1 aliphatic heterocycles. The fourth-order valence-electron chi connectivity index (χ4n) is 2.84. The average molecular weight is 304 g/mol. The Bertz CT molecular complexity index is 695. The summed E-state index contributed by atoms with van der Waals surface area (Å²) in [5, 5.41) is 10.7. The molecule has 2 heterocycles. The number of carbonyl (C=O) groups excluding carboxylic acids is 1. The summed E-state index contributed by atoms with van der Waals surface area (Å²) in [6.45, 7) is 5.19. The third-order valence-electron chi connectivity index (χ3n) is 4.23. The lowest BCUT2D eigenvalue weighted by atomic mass is 9.96. The molecule has 21 heavy (non-hydrogen) atoms.